The molecule has 0 radical (unpaired) electrons. The van der Waals surface area contributed by atoms with E-state index in [0.717, 1.165) is 16.8 Å². The summed E-state index contributed by atoms with van der Waals surface area (Å²) < 4.78 is 1.74. The molecule has 0 aliphatic carbocycles. The normalized spacial score (nSPS) is 11.3. The Balaban J connectivity index is 1.61. The number of halogens is 1. The number of nitrogens with zero attached hydrogens (tertiary/aromatic N) is 4. The van der Waals surface area contributed by atoms with Crippen molar-refractivity contribution in [2.24, 2.45) is 5.10 Å². The van der Waals surface area contributed by atoms with E-state index in [1.807, 2.05) is 49.4 Å². The van der Waals surface area contributed by atoms with Gasteiger partial charge in [0.1, 0.15) is 5.75 Å². The number of hydrazone groups is 1. The average molecular weight is 482 g/mol. The number of nitrogens with one attached hydrogen (secondary N) is 1. The number of aryl methyl sites for hydroxylation is 1. The maximum atomic E-state index is 13.3. The van der Waals surface area contributed by atoms with Crippen molar-refractivity contribution < 1.29 is 9.90 Å². The number of pyridine rings is 1. The summed E-state index contributed by atoms with van der Waals surface area (Å²) in [5.74, 6) is -0.232. The van der Waals surface area contributed by atoms with E-state index in [0.29, 0.717) is 33.0 Å². The molecule has 0 bridgehead atoms. The minimum absolute atomic E-state index is 0.158. The quantitative estimate of drug-likeness (QED) is 0.255. The van der Waals surface area contributed by atoms with Gasteiger partial charge in [-0.2, -0.15) is 10.2 Å². The fourth-order valence-electron chi connectivity index (χ4n) is 3.77. The van der Waals surface area contributed by atoms with Crippen molar-refractivity contribution in [2.45, 2.75) is 6.92 Å². The lowest BCUT2D eigenvalue weighted by Gasteiger charge is -2.09. The molecule has 2 heterocycles. The Labute approximate surface area is 206 Å². The molecule has 0 saturated heterocycles. The van der Waals surface area contributed by atoms with E-state index in [1.54, 1.807) is 47.1 Å². The molecule has 2 aromatic heterocycles. The van der Waals surface area contributed by atoms with Crippen LogP contribution in [0.5, 0.6) is 5.75 Å². The lowest BCUT2D eigenvalue weighted by Crippen LogP contribution is -2.18. The van der Waals surface area contributed by atoms with Crippen molar-refractivity contribution in [1.82, 2.24) is 20.2 Å². The highest BCUT2D eigenvalue weighted by molar-refractivity contribution is 6.30. The molecule has 1 amide bonds. The molecule has 5 rings (SSSR count). The molecule has 0 unspecified atom stereocenters. The highest BCUT2D eigenvalue weighted by Gasteiger charge is 2.21. The van der Waals surface area contributed by atoms with Gasteiger partial charge in [0.05, 0.1) is 34.2 Å². The second-order valence-electron chi connectivity index (χ2n) is 7.88. The number of hydrogen-bond acceptors (Lipinski definition) is 5. The van der Waals surface area contributed by atoms with Crippen molar-refractivity contribution in [2.75, 3.05) is 0 Å². The van der Waals surface area contributed by atoms with E-state index in [-0.39, 0.29) is 5.75 Å². The van der Waals surface area contributed by atoms with Gasteiger partial charge in [0, 0.05) is 10.6 Å². The molecule has 35 heavy (non-hydrogen) atoms. The largest absolute Gasteiger partial charge is 0.508 e. The van der Waals surface area contributed by atoms with E-state index in [9.17, 15) is 9.90 Å². The van der Waals surface area contributed by atoms with Crippen molar-refractivity contribution in [3.05, 3.63) is 107 Å². The van der Waals surface area contributed by atoms with Crippen LogP contribution in [0.15, 0.2) is 90.0 Å². The Bertz CT molecular complexity index is 1540. The molecule has 0 aliphatic heterocycles. The molecule has 0 spiro atoms. The summed E-state index contributed by atoms with van der Waals surface area (Å²) in [7, 11) is 0. The van der Waals surface area contributed by atoms with Crippen LogP contribution in [-0.4, -0.2) is 32.0 Å². The van der Waals surface area contributed by atoms with Crippen LogP contribution < -0.4 is 5.43 Å². The summed E-state index contributed by atoms with van der Waals surface area (Å²) in [5, 5.41) is 19.5. The average Bonchev–Trinajstić information content (AvgIpc) is 3.22. The zero-order chi connectivity index (χ0) is 24.4. The molecule has 8 heteroatoms. The van der Waals surface area contributed by atoms with Gasteiger partial charge >= 0.3 is 0 Å². The highest BCUT2D eigenvalue weighted by Crippen LogP contribution is 2.29. The van der Waals surface area contributed by atoms with Crippen molar-refractivity contribution >= 4 is 34.8 Å². The molecule has 7 nitrogen and oxygen atoms in total. The van der Waals surface area contributed by atoms with Crippen LogP contribution in [0, 0.1) is 6.92 Å². The lowest BCUT2D eigenvalue weighted by molar-refractivity contribution is 0.0956. The van der Waals surface area contributed by atoms with Gasteiger partial charge in [-0.1, -0.05) is 41.9 Å². The molecule has 5 aromatic rings. The fourth-order valence-corrected chi connectivity index (χ4v) is 3.90. The first-order chi connectivity index (χ1) is 17.0. The summed E-state index contributed by atoms with van der Waals surface area (Å²) in [5.41, 5.74) is 7.24. The standard InChI is InChI=1S/C27H20ClN5O2/c1-17-25-23(27(35)31-29-16-18-7-13-22(34)14-8-18)15-24(19-9-11-20(28)12-10-19)30-26(25)33(32-17)21-5-3-2-4-6-21/h2-16,34H,1H3,(H,31,35)/b29-16-. The maximum absolute atomic E-state index is 13.3. The number of rotatable bonds is 5. The van der Waals surface area contributed by atoms with Gasteiger partial charge < -0.3 is 5.11 Å². The Morgan fingerprint density at radius 2 is 1.74 bits per heavy atom. The van der Waals surface area contributed by atoms with Gasteiger partial charge in [0.25, 0.3) is 5.91 Å². The number of benzene rings is 3. The predicted molar refractivity (Wildman–Crippen MR) is 137 cm³/mol. The first-order valence-electron chi connectivity index (χ1n) is 10.8. The smallest absolute Gasteiger partial charge is 0.272 e. The number of aromatic hydroxyl groups is 1. The Morgan fingerprint density at radius 3 is 2.46 bits per heavy atom. The first kappa shape index (κ1) is 22.3. The zero-order valence-corrected chi connectivity index (χ0v) is 19.4. The summed E-state index contributed by atoms with van der Waals surface area (Å²) >= 11 is 6.07. The minimum Gasteiger partial charge on any atom is -0.508 e. The van der Waals surface area contributed by atoms with Crippen LogP contribution in [-0.2, 0) is 0 Å². The van der Waals surface area contributed by atoms with Crippen molar-refractivity contribution in [3.63, 3.8) is 0 Å². The molecule has 0 atom stereocenters. The molecular formula is C27H20ClN5O2. The van der Waals surface area contributed by atoms with Gasteiger partial charge in [-0.05, 0) is 67.1 Å². The van der Waals surface area contributed by atoms with E-state index in [4.69, 9.17) is 16.6 Å². The summed E-state index contributed by atoms with van der Waals surface area (Å²) in [6, 6.07) is 25.2. The number of amides is 1. The predicted octanol–water partition coefficient (Wildman–Crippen LogP) is 5.52. The van der Waals surface area contributed by atoms with E-state index in [2.05, 4.69) is 15.6 Å². The number of phenols is 1. The SMILES string of the molecule is Cc1nn(-c2ccccc2)c2nc(-c3ccc(Cl)cc3)cc(C(=O)N/N=C\c3ccc(O)cc3)c12. The van der Waals surface area contributed by atoms with Crippen LogP contribution in [0.1, 0.15) is 21.6 Å². The number of para-hydroxylation sites is 1. The van der Waals surface area contributed by atoms with Crippen molar-refractivity contribution in [1.29, 1.82) is 0 Å². The fraction of sp³-hybridized carbons (Fsp3) is 0.0370. The summed E-state index contributed by atoms with van der Waals surface area (Å²) in [6.07, 6.45) is 1.51. The van der Waals surface area contributed by atoms with E-state index >= 15 is 0 Å². The van der Waals surface area contributed by atoms with E-state index < -0.39 is 5.91 Å². The monoisotopic (exact) mass is 481 g/mol. The van der Waals surface area contributed by atoms with Crippen LogP contribution in [0.3, 0.4) is 0 Å². The van der Waals surface area contributed by atoms with Crippen LogP contribution in [0.2, 0.25) is 5.02 Å². The van der Waals surface area contributed by atoms with Crippen LogP contribution in [0.25, 0.3) is 28.0 Å². The summed E-state index contributed by atoms with van der Waals surface area (Å²) in [4.78, 5) is 18.2. The number of fused-ring (bicyclic) bond motifs is 1. The third-order valence-corrected chi connectivity index (χ3v) is 5.72. The summed E-state index contributed by atoms with van der Waals surface area (Å²) in [6.45, 7) is 1.85. The maximum Gasteiger partial charge on any atom is 0.272 e. The number of aromatic nitrogens is 3. The molecule has 0 aliphatic rings. The number of phenolic OH excluding ortho intramolecular Hbond substituents is 1. The van der Waals surface area contributed by atoms with Gasteiger partial charge in [-0.15, -0.1) is 0 Å². The molecule has 0 saturated carbocycles. The number of hydrogen-bond donors (Lipinski definition) is 2. The molecule has 172 valence electrons. The number of carbonyl (C=O) groups is 1. The lowest BCUT2D eigenvalue weighted by atomic mass is 10.1. The zero-order valence-electron chi connectivity index (χ0n) is 18.7. The Kier molecular flexibility index (Phi) is 5.99. The molecule has 0 fully saturated rings. The van der Waals surface area contributed by atoms with Gasteiger partial charge in [-0.3, -0.25) is 4.79 Å². The second-order valence-corrected chi connectivity index (χ2v) is 8.32. The minimum atomic E-state index is -0.390. The van der Waals surface area contributed by atoms with Gasteiger partial charge in [-0.25, -0.2) is 15.1 Å². The second kappa shape index (κ2) is 9.40. The topological polar surface area (TPSA) is 92.4 Å². The van der Waals surface area contributed by atoms with E-state index in [1.165, 1.54) is 6.21 Å². The van der Waals surface area contributed by atoms with Gasteiger partial charge in [0.15, 0.2) is 5.65 Å². The third kappa shape index (κ3) is 4.62. The third-order valence-electron chi connectivity index (χ3n) is 5.47. The van der Waals surface area contributed by atoms with Crippen LogP contribution in [0.4, 0.5) is 0 Å². The molecule has 3 aromatic carbocycles. The molecule has 2 N–H and O–H groups in total. The Hall–Kier alpha value is -4.49. The van der Waals surface area contributed by atoms with Crippen molar-refractivity contribution in [3.8, 4) is 22.7 Å². The number of carbonyl (C=O) groups excluding carboxylic acids is 1. The van der Waals surface area contributed by atoms with Gasteiger partial charge in [0.2, 0.25) is 0 Å². The highest BCUT2D eigenvalue weighted by atomic mass is 35.5. The first-order valence-corrected chi connectivity index (χ1v) is 11.2. The Morgan fingerprint density at radius 1 is 1.03 bits per heavy atom. The van der Waals surface area contributed by atoms with Crippen LogP contribution >= 0.6 is 11.6 Å². The molecular weight excluding hydrogens is 462 g/mol.